The predicted molar refractivity (Wildman–Crippen MR) is 55.8 cm³/mol. The second kappa shape index (κ2) is 3.04. The lowest BCUT2D eigenvalue weighted by atomic mass is 10.0. The average molecular weight is 221 g/mol. The number of nitriles is 1. The van der Waals surface area contributed by atoms with Crippen LogP contribution >= 0.6 is 11.8 Å². The first-order valence-electron chi connectivity index (χ1n) is 4.35. The molecule has 5 heteroatoms. The predicted octanol–water partition coefficient (Wildman–Crippen LogP) is 2.36. The molecule has 2 heterocycles. The summed E-state index contributed by atoms with van der Waals surface area (Å²) in [6, 6.07) is 3.30. The quantitative estimate of drug-likeness (QED) is 0.731. The second-order valence-corrected chi connectivity index (χ2v) is 4.60. The topological polar surface area (TPSA) is 60.5 Å². The highest BCUT2D eigenvalue weighted by atomic mass is 32.2. The van der Waals surface area contributed by atoms with Crippen molar-refractivity contribution in [2.45, 2.75) is 23.9 Å². The molecule has 0 fully saturated rings. The fourth-order valence-corrected chi connectivity index (χ4v) is 2.68. The summed E-state index contributed by atoms with van der Waals surface area (Å²) in [5.41, 5.74) is 1.75. The van der Waals surface area contributed by atoms with Gasteiger partial charge in [0, 0.05) is 11.3 Å². The largest absolute Gasteiger partial charge is 0.299 e. The summed E-state index contributed by atoms with van der Waals surface area (Å²) in [5, 5.41) is 14.5. The third-order valence-corrected chi connectivity index (χ3v) is 3.33. The van der Waals surface area contributed by atoms with Gasteiger partial charge >= 0.3 is 0 Å². The van der Waals surface area contributed by atoms with E-state index in [1.807, 2.05) is 6.92 Å². The summed E-state index contributed by atoms with van der Waals surface area (Å²) < 4.78 is 13.9. The number of aromatic nitrogens is 1. The molecular formula is C10H8FN3S. The molecule has 1 N–H and O–H groups in total. The number of thioether (sulfide) groups is 1. The van der Waals surface area contributed by atoms with Crippen molar-refractivity contribution < 1.29 is 4.39 Å². The molecule has 1 aromatic rings. The molecule has 2 rings (SSSR count). The van der Waals surface area contributed by atoms with E-state index in [2.05, 4.69) is 4.98 Å². The van der Waals surface area contributed by atoms with Gasteiger partial charge in [0.05, 0.1) is 0 Å². The van der Waals surface area contributed by atoms with Crippen LogP contribution in [0, 0.1) is 30.6 Å². The number of halogens is 1. The maximum atomic E-state index is 13.9. The Balaban J connectivity index is 2.66. The second-order valence-electron chi connectivity index (χ2n) is 3.44. The van der Waals surface area contributed by atoms with Crippen LogP contribution in [-0.4, -0.2) is 15.7 Å². The number of aryl methyl sites for hydroxylation is 2. The van der Waals surface area contributed by atoms with Crippen LogP contribution in [0.1, 0.15) is 16.8 Å². The van der Waals surface area contributed by atoms with Crippen LogP contribution in [-0.2, 0) is 0 Å². The first kappa shape index (κ1) is 10.1. The van der Waals surface area contributed by atoms with E-state index in [1.165, 1.54) is 6.07 Å². The van der Waals surface area contributed by atoms with Gasteiger partial charge in [-0.25, -0.2) is 9.37 Å². The van der Waals surface area contributed by atoms with Gasteiger partial charge in [-0.1, -0.05) is 0 Å². The van der Waals surface area contributed by atoms with Crippen LogP contribution in [0.25, 0.3) is 0 Å². The average Bonchev–Trinajstić information content (AvgIpc) is 2.39. The molecule has 1 aliphatic heterocycles. The van der Waals surface area contributed by atoms with Gasteiger partial charge in [-0.3, -0.25) is 5.41 Å². The van der Waals surface area contributed by atoms with E-state index >= 15 is 0 Å². The number of fused-ring (bicyclic) bond motifs is 1. The summed E-state index contributed by atoms with van der Waals surface area (Å²) in [6.45, 7) is 3.60. The highest BCUT2D eigenvalue weighted by Crippen LogP contribution is 2.45. The Kier molecular flexibility index (Phi) is 2.05. The van der Waals surface area contributed by atoms with Gasteiger partial charge in [0.25, 0.3) is 5.00 Å². The van der Waals surface area contributed by atoms with E-state index in [0.717, 1.165) is 11.3 Å². The third kappa shape index (κ3) is 1.33. The molecule has 0 aliphatic carbocycles. The lowest BCUT2D eigenvalue weighted by Gasteiger charge is -2.06. The molecule has 0 radical (unpaired) electrons. The Hall–Kier alpha value is -1.41. The molecule has 0 saturated carbocycles. The first-order chi connectivity index (χ1) is 6.98. The molecule has 1 unspecified atom stereocenters. The van der Waals surface area contributed by atoms with Gasteiger partial charge in [-0.05, 0) is 37.2 Å². The highest BCUT2D eigenvalue weighted by Gasteiger charge is 2.46. The Morgan fingerprint density at radius 3 is 2.87 bits per heavy atom. The molecule has 15 heavy (non-hydrogen) atoms. The van der Waals surface area contributed by atoms with Crippen molar-refractivity contribution in [2.75, 3.05) is 0 Å². The lowest BCUT2D eigenvalue weighted by Crippen LogP contribution is -2.23. The first-order valence-corrected chi connectivity index (χ1v) is 5.16. The van der Waals surface area contributed by atoms with E-state index in [-0.39, 0.29) is 5.71 Å². The van der Waals surface area contributed by atoms with Crippen LogP contribution in [0.15, 0.2) is 11.1 Å². The van der Waals surface area contributed by atoms with E-state index in [0.29, 0.717) is 22.4 Å². The maximum absolute atomic E-state index is 13.9. The minimum absolute atomic E-state index is 0.282. The van der Waals surface area contributed by atoms with Crippen LogP contribution in [0.3, 0.4) is 0 Å². The minimum Gasteiger partial charge on any atom is -0.299 e. The van der Waals surface area contributed by atoms with Crippen LogP contribution in [0.5, 0.6) is 0 Å². The number of hydrogen-bond donors (Lipinski definition) is 1. The maximum Gasteiger partial charge on any atom is 0.289 e. The fourth-order valence-electron chi connectivity index (χ4n) is 1.60. The van der Waals surface area contributed by atoms with Gasteiger partial charge < -0.3 is 0 Å². The van der Waals surface area contributed by atoms with E-state index in [4.69, 9.17) is 10.7 Å². The van der Waals surface area contributed by atoms with Gasteiger partial charge in [-0.15, -0.1) is 0 Å². The number of nitrogens with one attached hydrogen (secondary N) is 1. The summed E-state index contributed by atoms with van der Waals surface area (Å²) >= 11 is 0.711. The molecule has 0 aromatic carbocycles. The molecule has 0 spiro atoms. The molecule has 76 valence electrons. The van der Waals surface area contributed by atoms with Crippen molar-refractivity contribution in [1.82, 2.24) is 4.98 Å². The number of nitrogens with zero attached hydrogens (tertiary/aromatic N) is 2. The molecule has 1 atom stereocenters. The summed E-state index contributed by atoms with van der Waals surface area (Å²) in [7, 11) is 0. The van der Waals surface area contributed by atoms with Gasteiger partial charge in [0.1, 0.15) is 16.8 Å². The van der Waals surface area contributed by atoms with E-state index in [9.17, 15) is 4.39 Å². The Morgan fingerprint density at radius 2 is 2.27 bits per heavy atom. The van der Waals surface area contributed by atoms with Crippen molar-refractivity contribution >= 4 is 17.5 Å². The zero-order valence-electron chi connectivity index (χ0n) is 8.26. The number of alkyl halides is 1. The number of pyridine rings is 1. The number of hydrogen-bond acceptors (Lipinski definition) is 4. The normalized spacial score (nSPS) is 23.7. The molecule has 0 bridgehead atoms. The van der Waals surface area contributed by atoms with Crippen molar-refractivity contribution in [3.05, 3.63) is 22.9 Å². The Bertz CT molecular complexity index is 506. The zero-order chi connectivity index (χ0) is 11.2. The Labute approximate surface area is 90.8 Å². The molecule has 0 amide bonds. The van der Waals surface area contributed by atoms with Gasteiger partial charge in [-0.2, -0.15) is 5.26 Å². The van der Waals surface area contributed by atoms with Gasteiger partial charge in [0.15, 0.2) is 0 Å². The minimum atomic E-state index is -2.27. The van der Waals surface area contributed by atoms with Crippen molar-refractivity contribution in [3.63, 3.8) is 0 Å². The van der Waals surface area contributed by atoms with Crippen molar-refractivity contribution in [3.8, 4) is 6.07 Å². The fraction of sp³-hybridized carbons (Fsp3) is 0.300. The Morgan fingerprint density at radius 1 is 1.60 bits per heavy atom. The zero-order valence-corrected chi connectivity index (χ0v) is 9.07. The van der Waals surface area contributed by atoms with Crippen molar-refractivity contribution in [1.29, 1.82) is 10.7 Å². The summed E-state index contributed by atoms with van der Waals surface area (Å²) in [6.07, 6.45) is 0. The standard InChI is InChI=1S/C10H8FN3S/c1-5-3-6(2)14-9-7(5)8(13)10(11,4-12)15-9/h3,13H,1-2H3. The van der Waals surface area contributed by atoms with Crippen LogP contribution in [0.4, 0.5) is 4.39 Å². The van der Waals surface area contributed by atoms with Crippen LogP contribution < -0.4 is 0 Å². The molecular weight excluding hydrogens is 213 g/mol. The van der Waals surface area contributed by atoms with Crippen LogP contribution in [0.2, 0.25) is 0 Å². The molecule has 3 nitrogen and oxygen atoms in total. The smallest absolute Gasteiger partial charge is 0.289 e. The number of rotatable bonds is 0. The third-order valence-electron chi connectivity index (χ3n) is 2.26. The van der Waals surface area contributed by atoms with Gasteiger partial charge in [0.2, 0.25) is 0 Å². The van der Waals surface area contributed by atoms with E-state index in [1.54, 1.807) is 13.0 Å². The molecule has 1 aliphatic rings. The monoisotopic (exact) mass is 221 g/mol. The van der Waals surface area contributed by atoms with Crippen molar-refractivity contribution in [2.24, 2.45) is 0 Å². The molecule has 1 aromatic heterocycles. The lowest BCUT2D eigenvalue weighted by molar-refractivity contribution is 0.462. The SMILES string of the molecule is Cc1cc(C)c2c(n1)SC(F)(C#N)C2=N. The summed E-state index contributed by atoms with van der Waals surface area (Å²) in [4.78, 5) is 4.14. The molecule has 0 saturated heterocycles. The van der Waals surface area contributed by atoms with E-state index < -0.39 is 5.00 Å². The highest BCUT2D eigenvalue weighted by molar-refractivity contribution is 8.02. The summed E-state index contributed by atoms with van der Waals surface area (Å²) in [5.74, 6) is 0.